The molecule has 3 aliphatic rings. The van der Waals surface area contributed by atoms with Crippen LogP contribution in [0.25, 0.3) is 5.57 Å². The van der Waals surface area contributed by atoms with Crippen LogP contribution in [0.1, 0.15) is 89.8 Å². The Hall–Kier alpha value is -4.40. The van der Waals surface area contributed by atoms with Crippen LogP contribution in [0.4, 0.5) is 17.6 Å². The molecule has 0 saturated heterocycles. The van der Waals surface area contributed by atoms with E-state index < -0.39 is 23.6 Å². The van der Waals surface area contributed by atoms with Crippen molar-refractivity contribution in [3.05, 3.63) is 117 Å². The molecule has 0 aromatic heterocycles. The van der Waals surface area contributed by atoms with Gasteiger partial charge in [0.15, 0.2) is 0 Å². The molecule has 2 aromatic carbocycles. The molecule has 0 fully saturated rings. The van der Waals surface area contributed by atoms with Crippen LogP contribution < -0.4 is 4.74 Å². The highest BCUT2D eigenvalue weighted by Crippen LogP contribution is 2.44. The first-order chi connectivity index (χ1) is 24.3. The number of alkyl halides is 3. The lowest BCUT2D eigenvalue weighted by atomic mass is 9.75. The van der Waals surface area contributed by atoms with Gasteiger partial charge in [0.05, 0.1) is 37.3 Å². The molecule has 0 N–H and O–H groups in total. The minimum atomic E-state index is -4.64. The number of fused-ring (bicyclic) bond motifs is 1. The zero-order valence-electron chi connectivity index (χ0n) is 30.3. The summed E-state index contributed by atoms with van der Waals surface area (Å²) in [6, 6.07) is 10.7. The number of methoxy groups -OCH3 is 1. The van der Waals surface area contributed by atoms with E-state index >= 15 is 0 Å². The van der Waals surface area contributed by atoms with Crippen molar-refractivity contribution in [1.29, 1.82) is 0 Å². The molecule has 2 heterocycles. The topological polar surface area (TPSA) is 57.1 Å². The average Bonchev–Trinajstić information content (AvgIpc) is 3.36. The maximum atomic E-state index is 14.9. The number of rotatable bonds is 8. The Morgan fingerprint density at radius 3 is 2.45 bits per heavy atom. The van der Waals surface area contributed by atoms with Gasteiger partial charge in [0.1, 0.15) is 23.2 Å². The molecule has 2 aliphatic heterocycles. The fraction of sp³-hybridized carbons (Fsp3) is 0.429. The van der Waals surface area contributed by atoms with Gasteiger partial charge in [0.25, 0.3) is 0 Å². The third kappa shape index (κ3) is 8.57. The first-order valence-corrected chi connectivity index (χ1v) is 17.7. The summed E-state index contributed by atoms with van der Waals surface area (Å²) >= 11 is 0. The van der Waals surface area contributed by atoms with Crippen molar-refractivity contribution >= 4 is 17.3 Å². The number of ether oxygens (including phenoxy) is 3. The van der Waals surface area contributed by atoms with Crippen LogP contribution in [-0.4, -0.2) is 32.0 Å². The molecular formula is C42H47F4NO4. The van der Waals surface area contributed by atoms with Crippen molar-refractivity contribution in [2.45, 2.75) is 79.3 Å². The Labute approximate surface area is 298 Å². The number of halogens is 4. The lowest BCUT2D eigenvalue weighted by Crippen LogP contribution is -2.32. The zero-order valence-corrected chi connectivity index (χ0v) is 30.3. The molecule has 0 bridgehead atoms. The fourth-order valence-electron chi connectivity index (χ4n) is 7.16. The number of allylic oxidation sites excluding steroid dienone is 6. The van der Waals surface area contributed by atoms with E-state index in [2.05, 4.69) is 19.9 Å². The van der Waals surface area contributed by atoms with Crippen molar-refractivity contribution in [3.8, 4) is 5.75 Å². The Balaban J connectivity index is 1.58. The summed E-state index contributed by atoms with van der Waals surface area (Å²) in [4.78, 5) is 18.8. The highest BCUT2D eigenvalue weighted by atomic mass is 19.4. The van der Waals surface area contributed by atoms with Crippen molar-refractivity contribution in [1.82, 2.24) is 0 Å². The summed E-state index contributed by atoms with van der Waals surface area (Å²) in [5.41, 5.74) is 5.36. The second-order valence-corrected chi connectivity index (χ2v) is 13.6. The number of carbonyl (C=O) groups excluding carboxylic acids is 1. The molecular weight excluding hydrogens is 658 g/mol. The predicted molar refractivity (Wildman–Crippen MR) is 193 cm³/mol. The van der Waals surface area contributed by atoms with Gasteiger partial charge in [-0.05, 0) is 106 Å². The summed E-state index contributed by atoms with van der Waals surface area (Å²) in [5, 5.41) is 0. The molecule has 1 aliphatic carbocycles. The Morgan fingerprint density at radius 2 is 1.75 bits per heavy atom. The number of hydrogen-bond acceptors (Lipinski definition) is 5. The summed E-state index contributed by atoms with van der Waals surface area (Å²) in [5.74, 6) is -1.73. The first-order valence-electron chi connectivity index (χ1n) is 17.7. The van der Waals surface area contributed by atoms with E-state index in [-0.39, 0.29) is 41.3 Å². The average molecular weight is 706 g/mol. The van der Waals surface area contributed by atoms with Gasteiger partial charge in [-0.15, -0.1) is 0 Å². The van der Waals surface area contributed by atoms with Crippen molar-refractivity contribution in [3.63, 3.8) is 0 Å². The quantitative estimate of drug-likeness (QED) is 0.203. The molecule has 0 spiro atoms. The SMILES string of the molecule is CCCOc1ccc(C2=C(C)CCOC(C(C(=O)OC)C3CCC=C4N=C(c5ccccc5F)CCC(C)=C4C=C(C)C3C)=C2)c(C(F)(F)F)c1. The lowest BCUT2D eigenvalue weighted by molar-refractivity contribution is -0.148. The number of esters is 1. The van der Waals surface area contributed by atoms with E-state index in [1.165, 1.54) is 19.2 Å². The molecule has 0 saturated carbocycles. The van der Waals surface area contributed by atoms with E-state index in [4.69, 9.17) is 19.2 Å². The maximum Gasteiger partial charge on any atom is 0.417 e. The molecule has 2 aromatic rings. The smallest absolute Gasteiger partial charge is 0.417 e. The molecule has 51 heavy (non-hydrogen) atoms. The molecule has 3 unspecified atom stereocenters. The van der Waals surface area contributed by atoms with E-state index in [9.17, 15) is 22.4 Å². The van der Waals surface area contributed by atoms with Crippen LogP contribution in [0.15, 0.2) is 99.4 Å². The molecule has 0 radical (unpaired) electrons. The summed E-state index contributed by atoms with van der Waals surface area (Å²) in [7, 11) is 1.32. The third-order valence-corrected chi connectivity index (χ3v) is 10.2. The minimum Gasteiger partial charge on any atom is -0.497 e. The molecule has 272 valence electrons. The van der Waals surface area contributed by atoms with Crippen LogP contribution in [0.5, 0.6) is 5.75 Å². The number of aliphatic imine (C=N–C) groups is 1. The Bertz CT molecular complexity index is 1830. The fourth-order valence-corrected chi connectivity index (χ4v) is 7.16. The molecule has 0 amide bonds. The highest BCUT2D eigenvalue weighted by Gasteiger charge is 2.40. The van der Waals surface area contributed by atoms with Gasteiger partial charge in [-0.25, -0.2) is 4.39 Å². The van der Waals surface area contributed by atoms with Gasteiger partial charge in [-0.1, -0.05) is 67.0 Å². The summed E-state index contributed by atoms with van der Waals surface area (Å²) < 4.78 is 75.7. The van der Waals surface area contributed by atoms with Gasteiger partial charge in [-0.2, -0.15) is 13.2 Å². The number of nitrogens with zero attached hydrogens (tertiary/aromatic N) is 1. The Kier molecular flexibility index (Phi) is 12.1. The Morgan fingerprint density at radius 1 is 1.00 bits per heavy atom. The highest BCUT2D eigenvalue weighted by molar-refractivity contribution is 6.02. The monoisotopic (exact) mass is 705 g/mol. The summed E-state index contributed by atoms with van der Waals surface area (Å²) in [6.45, 7) is 10.4. The number of benzene rings is 2. The second kappa shape index (κ2) is 16.3. The van der Waals surface area contributed by atoms with Crippen LogP contribution in [0.2, 0.25) is 0 Å². The minimum absolute atomic E-state index is 0.00450. The van der Waals surface area contributed by atoms with E-state index in [0.29, 0.717) is 62.0 Å². The van der Waals surface area contributed by atoms with Gasteiger partial charge in [0.2, 0.25) is 0 Å². The molecule has 9 heteroatoms. The van der Waals surface area contributed by atoms with E-state index in [1.54, 1.807) is 37.3 Å². The number of hydrogen-bond donors (Lipinski definition) is 0. The van der Waals surface area contributed by atoms with Crippen molar-refractivity contribution in [2.75, 3.05) is 20.3 Å². The van der Waals surface area contributed by atoms with Crippen LogP contribution in [-0.2, 0) is 20.4 Å². The van der Waals surface area contributed by atoms with Crippen LogP contribution in [0.3, 0.4) is 0 Å². The van der Waals surface area contributed by atoms with Crippen LogP contribution in [0, 0.1) is 23.6 Å². The lowest BCUT2D eigenvalue weighted by Gasteiger charge is -2.32. The van der Waals surface area contributed by atoms with Gasteiger partial charge < -0.3 is 14.2 Å². The molecule has 5 nitrogen and oxygen atoms in total. The third-order valence-electron chi connectivity index (χ3n) is 10.2. The van der Waals surface area contributed by atoms with Gasteiger partial charge in [0, 0.05) is 12.0 Å². The van der Waals surface area contributed by atoms with Crippen molar-refractivity contribution in [2.24, 2.45) is 22.7 Å². The maximum absolute atomic E-state index is 14.9. The number of carbonyl (C=O) groups is 1. The molecule has 3 atom stereocenters. The zero-order chi connectivity index (χ0) is 36.9. The summed E-state index contributed by atoms with van der Waals surface area (Å²) in [6.07, 6.45) is 4.59. The van der Waals surface area contributed by atoms with E-state index in [1.807, 2.05) is 19.9 Å². The largest absolute Gasteiger partial charge is 0.497 e. The first kappa shape index (κ1) is 37.8. The second-order valence-electron chi connectivity index (χ2n) is 13.6. The molecule has 5 rings (SSSR count). The van der Waals surface area contributed by atoms with Gasteiger partial charge >= 0.3 is 12.1 Å². The normalized spacial score (nSPS) is 20.9. The van der Waals surface area contributed by atoms with Crippen molar-refractivity contribution < 1.29 is 36.6 Å². The van der Waals surface area contributed by atoms with E-state index in [0.717, 1.165) is 34.1 Å². The van der Waals surface area contributed by atoms with Crippen LogP contribution >= 0.6 is 0 Å². The van der Waals surface area contributed by atoms with Gasteiger partial charge in [-0.3, -0.25) is 9.79 Å². The predicted octanol–water partition coefficient (Wildman–Crippen LogP) is 11.0. The standard InChI is InChI=1S/C42H47F4NO4/c1-7-20-50-29-16-17-31(35(23-29)42(44,45)46)33-24-39(51-21-19-26(33)3)40(41(48)49-6)30-12-10-14-37-34(22-27(4)28(30)5)25(2)15-18-38(47-37)32-11-8-9-13-36(32)43/h8-9,11,13-14,16-17,22-24,28,30,40H,7,10,12,15,18-21H2,1-6H3.